The Hall–Kier alpha value is 0.310. The summed E-state index contributed by atoms with van der Waals surface area (Å²) in [6.07, 6.45) is 2.61. The second-order valence-electron chi connectivity index (χ2n) is 3.80. The molecule has 2 heteroatoms. The van der Waals surface area contributed by atoms with Crippen molar-refractivity contribution >= 4 is 11.8 Å². The summed E-state index contributed by atoms with van der Waals surface area (Å²) in [4.78, 5) is 0. The molecule has 1 N–H and O–H groups in total. The van der Waals surface area contributed by atoms with E-state index in [2.05, 4.69) is 33.0 Å². The highest BCUT2D eigenvalue weighted by Crippen LogP contribution is 2.09. The molecule has 1 nitrogen and oxygen atoms in total. The van der Waals surface area contributed by atoms with E-state index in [-0.39, 0.29) is 0 Å². The van der Waals surface area contributed by atoms with Gasteiger partial charge in [0, 0.05) is 18.3 Å². The molecular formula is C11H25NS. The third-order valence-electron chi connectivity index (χ3n) is 2.40. The molecule has 13 heavy (non-hydrogen) atoms. The van der Waals surface area contributed by atoms with Crippen LogP contribution in [0.2, 0.25) is 0 Å². The van der Waals surface area contributed by atoms with Crippen LogP contribution in [0.3, 0.4) is 0 Å². The fourth-order valence-electron chi connectivity index (χ4n) is 1.38. The zero-order valence-electron chi connectivity index (χ0n) is 9.60. The zero-order valence-corrected chi connectivity index (χ0v) is 10.4. The Morgan fingerprint density at radius 3 is 2.46 bits per heavy atom. The molecule has 0 aliphatic heterocycles. The van der Waals surface area contributed by atoms with Gasteiger partial charge in [0.05, 0.1) is 0 Å². The molecule has 0 saturated heterocycles. The van der Waals surface area contributed by atoms with Gasteiger partial charge in [0.1, 0.15) is 0 Å². The Morgan fingerprint density at radius 1 is 1.23 bits per heavy atom. The number of thioether (sulfide) groups is 1. The summed E-state index contributed by atoms with van der Waals surface area (Å²) < 4.78 is 0. The van der Waals surface area contributed by atoms with Crippen molar-refractivity contribution in [2.45, 2.75) is 46.6 Å². The molecule has 0 amide bonds. The molecule has 2 unspecified atom stereocenters. The fraction of sp³-hybridized carbons (Fsp3) is 1.00. The molecule has 80 valence electrons. The van der Waals surface area contributed by atoms with Gasteiger partial charge in [0.25, 0.3) is 0 Å². The van der Waals surface area contributed by atoms with Gasteiger partial charge in [-0.15, -0.1) is 0 Å². The van der Waals surface area contributed by atoms with Gasteiger partial charge in [-0.3, -0.25) is 0 Å². The van der Waals surface area contributed by atoms with Crippen LogP contribution in [0.25, 0.3) is 0 Å². The Kier molecular flexibility index (Phi) is 9.10. The first-order valence-corrected chi connectivity index (χ1v) is 6.67. The van der Waals surface area contributed by atoms with E-state index in [9.17, 15) is 0 Å². The number of hydrogen-bond donors (Lipinski definition) is 1. The van der Waals surface area contributed by atoms with Crippen molar-refractivity contribution in [3.05, 3.63) is 0 Å². The van der Waals surface area contributed by atoms with Gasteiger partial charge in [0.15, 0.2) is 0 Å². The molecule has 0 aliphatic rings. The van der Waals surface area contributed by atoms with Crippen LogP contribution in [0.4, 0.5) is 0 Å². The van der Waals surface area contributed by atoms with Crippen molar-refractivity contribution in [2.24, 2.45) is 5.92 Å². The quantitative estimate of drug-likeness (QED) is 0.608. The summed E-state index contributed by atoms with van der Waals surface area (Å²) >= 11 is 2.01. The van der Waals surface area contributed by atoms with Crippen LogP contribution in [0.15, 0.2) is 0 Å². The van der Waals surface area contributed by atoms with E-state index in [0.717, 1.165) is 12.5 Å². The lowest BCUT2D eigenvalue weighted by molar-refractivity contribution is 0.420. The summed E-state index contributed by atoms with van der Waals surface area (Å²) in [7, 11) is 0. The fourth-order valence-corrected chi connectivity index (χ4v) is 1.93. The lowest BCUT2D eigenvalue weighted by Crippen LogP contribution is -2.29. The molecule has 0 aromatic rings. The highest BCUT2D eigenvalue weighted by Gasteiger charge is 2.05. The summed E-state index contributed by atoms with van der Waals surface area (Å²) in [5, 5.41) is 3.56. The minimum Gasteiger partial charge on any atom is -0.313 e. The van der Waals surface area contributed by atoms with E-state index >= 15 is 0 Å². The summed E-state index contributed by atoms with van der Waals surface area (Å²) in [5.74, 6) is 3.35. The van der Waals surface area contributed by atoms with Crippen molar-refractivity contribution in [1.29, 1.82) is 0 Å². The molecule has 2 atom stereocenters. The molecule has 0 aromatic heterocycles. The topological polar surface area (TPSA) is 12.0 Å². The van der Waals surface area contributed by atoms with E-state index in [0.29, 0.717) is 6.04 Å². The van der Waals surface area contributed by atoms with E-state index in [4.69, 9.17) is 0 Å². The van der Waals surface area contributed by atoms with Crippen molar-refractivity contribution < 1.29 is 0 Å². The normalized spacial score (nSPS) is 15.7. The zero-order chi connectivity index (χ0) is 10.1. The van der Waals surface area contributed by atoms with Crippen LogP contribution >= 0.6 is 11.8 Å². The summed E-state index contributed by atoms with van der Waals surface area (Å²) in [5.41, 5.74) is 0. The maximum Gasteiger partial charge on any atom is 0.00580 e. The minimum absolute atomic E-state index is 0.687. The van der Waals surface area contributed by atoms with Gasteiger partial charge in [0.2, 0.25) is 0 Å². The molecule has 0 rings (SSSR count). The molecule has 0 fully saturated rings. The number of nitrogens with one attached hydrogen (secondary N) is 1. The summed E-state index contributed by atoms with van der Waals surface area (Å²) in [6.45, 7) is 10.3. The van der Waals surface area contributed by atoms with E-state index in [1.165, 1.54) is 24.3 Å². The third-order valence-corrected chi connectivity index (χ3v) is 3.30. The first kappa shape index (κ1) is 13.3. The van der Waals surface area contributed by atoms with Crippen LogP contribution < -0.4 is 5.32 Å². The van der Waals surface area contributed by atoms with Gasteiger partial charge >= 0.3 is 0 Å². The first-order chi connectivity index (χ1) is 6.20. The Morgan fingerprint density at radius 2 is 1.92 bits per heavy atom. The van der Waals surface area contributed by atoms with Crippen molar-refractivity contribution in [1.82, 2.24) is 5.32 Å². The SMILES string of the molecule is CCSCCNC(C)CC(C)CC. The third kappa shape index (κ3) is 8.63. The molecule has 0 aromatic carbocycles. The second kappa shape index (κ2) is 8.89. The average Bonchev–Trinajstić information content (AvgIpc) is 2.12. The standard InChI is InChI=1S/C11H25NS/c1-5-10(3)9-11(4)12-7-8-13-6-2/h10-12H,5-9H2,1-4H3. The average molecular weight is 203 g/mol. The van der Waals surface area contributed by atoms with Crippen LogP contribution in [0.5, 0.6) is 0 Å². The second-order valence-corrected chi connectivity index (χ2v) is 5.20. The van der Waals surface area contributed by atoms with Gasteiger partial charge in [-0.1, -0.05) is 27.2 Å². The number of rotatable bonds is 8. The maximum absolute atomic E-state index is 3.56. The van der Waals surface area contributed by atoms with Crippen molar-refractivity contribution in [3.63, 3.8) is 0 Å². The first-order valence-electron chi connectivity index (χ1n) is 5.51. The molecule has 0 heterocycles. The van der Waals surface area contributed by atoms with Gasteiger partial charge in [-0.25, -0.2) is 0 Å². The van der Waals surface area contributed by atoms with Crippen LogP contribution in [0, 0.1) is 5.92 Å². The highest BCUT2D eigenvalue weighted by molar-refractivity contribution is 7.99. The Labute approximate surface area is 88.1 Å². The molecule has 0 aliphatic carbocycles. The van der Waals surface area contributed by atoms with Gasteiger partial charge < -0.3 is 5.32 Å². The Bertz CT molecular complexity index is 106. The van der Waals surface area contributed by atoms with Crippen LogP contribution in [-0.2, 0) is 0 Å². The smallest absolute Gasteiger partial charge is 0.00580 e. The van der Waals surface area contributed by atoms with Crippen molar-refractivity contribution in [2.75, 3.05) is 18.1 Å². The maximum atomic E-state index is 3.56. The molecule has 0 spiro atoms. The molecular weight excluding hydrogens is 178 g/mol. The predicted octanol–water partition coefficient (Wildman–Crippen LogP) is 3.15. The molecule has 0 saturated carbocycles. The van der Waals surface area contributed by atoms with E-state index < -0.39 is 0 Å². The summed E-state index contributed by atoms with van der Waals surface area (Å²) in [6, 6.07) is 0.687. The minimum atomic E-state index is 0.687. The van der Waals surface area contributed by atoms with E-state index in [1.807, 2.05) is 11.8 Å². The van der Waals surface area contributed by atoms with Gasteiger partial charge in [-0.05, 0) is 25.0 Å². The van der Waals surface area contributed by atoms with Crippen LogP contribution in [0.1, 0.15) is 40.5 Å². The lowest BCUT2D eigenvalue weighted by Gasteiger charge is -2.17. The lowest BCUT2D eigenvalue weighted by atomic mass is 10.0. The van der Waals surface area contributed by atoms with Gasteiger partial charge in [-0.2, -0.15) is 11.8 Å². The largest absolute Gasteiger partial charge is 0.313 e. The van der Waals surface area contributed by atoms with Crippen molar-refractivity contribution in [3.8, 4) is 0 Å². The monoisotopic (exact) mass is 203 g/mol. The van der Waals surface area contributed by atoms with Crippen LogP contribution in [-0.4, -0.2) is 24.1 Å². The molecule has 0 radical (unpaired) electrons. The molecule has 0 bridgehead atoms. The highest BCUT2D eigenvalue weighted by atomic mass is 32.2. The predicted molar refractivity (Wildman–Crippen MR) is 64.5 cm³/mol. The van der Waals surface area contributed by atoms with E-state index in [1.54, 1.807) is 0 Å². The number of hydrogen-bond acceptors (Lipinski definition) is 2. The Balaban J connectivity index is 3.24.